The molecule has 0 aliphatic rings. The maximum Gasteiger partial charge on any atom is 0.294 e. The molecule has 2 N–H and O–H groups in total. The van der Waals surface area contributed by atoms with Gasteiger partial charge in [0.15, 0.2) is 0 Å². The Labute approximate surface area is 157 Å². The molecule has 0 spiro atoms. The molecule has 0 saturated heterocycles. The van der Waals surface area contributed by atoms with E-state index in [1.807, 2.05) is 48.0 Å². The lowest BCUT2D eigenvalue weighted by molar-refractivity contribution is 0.483. The van der Waals surface area contributed by atoms with Crippen LogP contribution in [-0.2, 0) is 17.2 Å². The van der Waals surface area contributed by atoms with Crippen LogP contribution in [0, 0.1) is 0 Å². The van der Waals surface area contributed by atoms with Gasteiger partial charge in [0, 0.05) is 25.1 Å². The van der Waals surface area contributed by atoms with E-state index in [0.29, 0.717) is 5.69 Å². The summed E-state index contributed by atoms with van der Waals surface area (Å²) in [5, 5.41) is 4.16. The van der Waals surface area contributed by atoms with E-state index in [2.05, 4.69) is 15.5 Å². The first kappa shape index (κ1) is 18.6. The van der Waals surface area contributed by atoms with Crippen molar-refractivity contribution in [2.24, 2.45) is 12.1 Å². The Morgan fingerprint density at radius 2 is 1.67 bits per heavy atom. The molecule has 27 heavy (non-hydrogen) atoms. The molecule has 3 aromatic rings. The number of hydrogen-bond donors (Lipinski definition) is 2. The summed E-state index contributed by atoms with van der Waals surface area (Å²) in [7, 11) is -2.25. The summed E-state index contributed by atoms with van der Waals surface area (Å²) in [5.41, 5.74) is 6.40. The van der Waals surface area contributed by atoms with E-state index >= 15 is 0 Å². The highest BCUT2D eigenvalue weighted by atomic mass is 32.2. The average Bonchev–Trinajstić information content (AvgIpc) is 3.00. The van der Waals surface area contributed by atoms with Crippen molar-refractivity contribution in [2.45, 2.75) is 4.90 Å². The predicted octanol–water partition coefficient (Wildman–Crippen LogP) is 3.28. The van der Waals surface area contributed by atoms with Crippen molar-refractivity contribution in [1.82, 2.24) is 9.55 Å². The van der Waals surface area contributed by atoms with Gasteiger partial charge in [0.1, 0.15) is 0 Å². The smallest absolute Gasteiger partial charge is 0.294 e. The number of benzene rings is 1. The van der Waals surface area contributed by atoms with Crippen molar-refractivity contribution in [3.05, 3.63) is 77.9 Å². The number of pyridine rings is 1. The van der Waals surface area contributed by atoms with E-state index in [4.69, 9.17) is 4.55 Å². The number of aromatic nitrogens is 2. The monoisotopic (exact) mass is 382 g/mol. The van der Waals surface area contributed by atoms with Crippen molar-refractivity contribution in [2.75, 3.05) is 5.43 Å². The van der Waals surface area contributed by atoms with Crippen LogP contribution in [0.2, 0.25) is 0 Å². The first-order valence-corrected chi connectivity index (χ1v) is 9.48. The summed E-state index contributed by atoms with van der Waals surface area (Å²) in [4.78, 5) is 3.83. The summed E-state index contributed by atoms with van der Waals surface area (Å²) in [6, 6.07) is 13.4. The normalized spacial score (nSPS) is 12.1. The van der Waals surface area contributed by atoms with Gasteiger partial charge < -0.3 is 4.57 Å². The molecule has 0 saturated carbocycles. The fourth-order valence-corrected chi connectivity index (χ4v) is 2.85. The quantitative estimate of drug-likeness (QED) is 0.387. The van der Waals surface area contributed by atoms with Crippen LogP contribution in [0.4, 0.5) is 5.69 Å². The van der Waals surface area contributed by atoms with Crippen LogP contribution in [0.15, 0.2) is 70.9 Å². The van der Waals surface area contributed by atoms with Gasteiger partial charge >= 0.3 is 0 Å². The Morgan fingerprint density at radius 3 is 2.33 bits per heavy atom. The third kappa shape index (κ3) is 4.90. The maximum atomic E-state index is 11.0. The zero-order valence-corrected chi connectivity index (χ0v) is 15.3. The van der Waals surface area contributed by atoms with E-state index < -0.39 is 10.1 Å². The molecule has 1 aromatic carbocycles. The third-order valence-corrected chi connectivity index (χ3v) is 4.76. The Balaban J connectivity index is 1.66. The summed E-state index contributed by atoms with van der Waals surface area (Å²) in [6.07, 6.45) is 9.18. The summed E-state index contributed by atoms with van der Waals surface area (Å²) < 4.78 is 33.0. The summed E-state index contributed by atoms with van der Waals surface area (Å²) >= 11 is 0. The minimum absolute atomic E-state index is 0.162. The average molecular weight is 382 g/mol. The second-order valence-corrected chi connectivity index (χ2v) is 7.15. The number of nitrogens with zero attached hydrogens (tertiary/aromatic N) is 3. The van der Waals surface area contributed by atoms with Crippen molar-refractivity contribution >= 4 is 34.2 Å². The van der Waals surface area contributed by atoms with Gasteiger partial charge in [-0.3, -0.25) is 15.0 Å². The molecule has 7 nitrogen and oxygen atoms in total. The molecule has 138 valence electrons. The van der Waals surface area contributed by atoms with Crippen LogP contribution < -0.4 is 5.43 Å². The Kier molecular flexibility index (Phi) is 5.49. The second kappa shape index (κ2) is 7.98. The van der Waals surface area contributed by atoms with E-state index in [1.165, 1.54) is 24.3 Å². The van der Waals surface area contributed by atoms with Crippen molar-refractivity contribution in [3.63, 3.8) is 0 Å². The van der Waals surface area contributed by atoms with Crippen LogP contribution in [0.1, 0.15) is 17.0 Å². The Bertz CT molecular complexity index is 1070. The molecule has 0 amide bonds. The minimum atomic E-state index is -4.19. The minimum Gasteiger partial charge on any atom is -0.343 e. The zero-order chi connectivity index (χ0) is 19.3. The summed E-state index contributed by atoms with van der Waals surface area (Å²) in [6.45, 7) is 0. The number of rotatable bonds is 6. The molecule has 3 rings (SSSR count). The van der Waals surface area contributed by atoms with Crippen LogP contribution in [0.3, 0.4) is 0 Å². The molecule has 0 aliphatic carbocycles. The third-order valence-electron chi connectivity index (χ3n) is 3.89. The van der Waals surface area contributed by atoms with Crippen LogP contribution in [0.25, 0.3) is 12.2 Å². The standard InChI is InChI=1S/C19H18N4O3S/c1-23-17(5-2-15-10-12-20-13-11-15)6-7-18(23)14-21-22-16-3-8-19(9-4-16)27(24,25)26/h2-14,22H,1H3,(H,24,25,26)/b5-2+,21-14+. The molecule has 2 heterocycles. The topological polar surface area (TPSA) is 96.6 Å². The molecule has 0 atom stereocenters. The van der Waals surface area contributed by atoms with Gasteiger partial charge in [0.25, 0.3) is 10.1 Å². The SMILES string of the molecule is Cn1c(/C=C/c2ccncc2)ccc1/C=N/Nc1ccc(S(=O)(=O)O)cc1. The maximum absolute atomic E-state index is 11.0. The van der Waals surface area contributed by atoms with Crippen molar-refractivity contribution in [1.29, 1.82) is 0 Å². The van der Waals surface area contributed by atoms with Crippen molar-refractivity contribution < 1.29 is 13.0 Å². The van der Waals surface area contributed by atoms with Crippen LogP contribution in [-0.4, -0.2) is 28.7 Å². The number of nitrogens with one attached hydrogen (secondary N) is 1. The highest BCUT2D eigenvalue weighted by Gasteiger charge is 2.08. The van der Waals surface area contributed by atoms with E-state index in [-0.39, 0.29) is 4.90 Å². The van der Waals surface area contributed by atoms with E-state index in [1.54, 1.807) is 18.6 Å². The van der Waals surface area contributed by atoms with Gasteiger partial charge in [-0.2, -0.15) is 13.5 Å². The van der Waals surface area contributed by atoms with Gasteiger partial charge in [0.05, 0.1) is 22.5 Å². The molecule has 2 aromatic heterocycles. The zero-order valence-electron chi connectivity index (χ0n) is 14.5. The largest absolute Gasteiger partial charge is 0.343 e. The lowest BCUT2D eigenvalue weighted by Gasteiger charge is -2.03. The second-order valence-electron chi connectivity index (χ2n) is 5.73. The molecule has 8 heteroatoms. The fraction of sp³-hybridized carbons (Fsp3) is 0.0526. The predicted molar refractivity (Wildman–Crippen MR) is 106 cm³/mol. The molecule has 0 aliphatic heterocycles. The summed E-state index contributed by atoms with van der Waals surface area (Å²) in [5.74, 6) is 0. The van der Waals surface area contributed by atoms with Crippen LogP contribution >= 0.6 is 0 Å². The Morgan fingerprint density at radius 1 is 1.00 bits per heavy atom. The van der Waals surface area contributed by atoms with Gasteiger partial charge in [-0.1, -0.05) is 6.08 Å². The first-order chi connectivity index (χ1) is 12.9. The highest BCUT2D eigenvalue weighted by Crippen LogP contribution is 2.14. The van der Waals surface area contributed by atoms with Gasteiger partial charge in [-0.05, 0) is 60.2 Å². The molecule has 0 bridgehead atoms. The first-order valence-electron chi connectivity index (χ1n) is 8.04. The van der Waals surface area contributed by atoms with Gasteiger partial charge in [0.2, 0.25) is 0 Å². The lowest BCUT2D eigenvalue weighted by atomic mass is 10.2. The lowest BCUT2D eigenvalue weighted by Crippen LogP contribution is -2.00. The fourth-order valence-electron chi connectivity index (χ4n) is 2.37. The van der Waals surface area contributed by atoms with E-state index in [0.717, 1.165) is 17.0 Å². The molecular formula is C19H18N4O3S. The van der Waals surface area contributed by atoms with E-state index in [9.17, 15) is 8.42 Å². The molecule has 0 unspecified atom stereocenters. The van der Waals surface area contributed by atoms with Gasteiger partial charge in [-0.25, -0.2) is 0 Å². The molecular weight excluding hydrogens is 364 g/mol. The number of hydrogen-bond acceptors (Lipinski definition) is 5. The molecule has 0 radical (unpaired) electrons. The number of anilines is 1. The van der Waals surface area contributed by atoms with Gasteiger partial charge in [-0.15, -0.1) is 0 Å². The highest BCUT2D eigenvalue weighted by molar-refractivity contribution is 7.85. The Hall–Kier alpha value is -3.23. The van der Waals surface area contributed by atoms with Crippen LogP contribution in [0.5, 0.6) is 0 Å². The molecule has 0 fully saturated rings. The number of hydrazone groups is 1. The van der Waals surface area contributed by atoms with Crippen molar-refractivity contribution in [3.8, 4) is 0 Å².